The smallest absolute Gasteiger partial charge is 0.326 e. The Bertz CT molecular complexity index is 874. The van der Waals surface area contributed by atoms with Crippen LogP contribution in [0.2, 0.25) is 0 Å². The van der Waals surface area contributed by atoms with E-state index in [4.69, 9.17) is 5.73 Å². The number of carboxylic acids is 1. The molecule has 8 nitrogen and oxygen atoms in total. The van der Waals surface area contributed by atoms with Gasteiger partial charge in [-0.3, -0.25) is 9.59 Å². The van der Waals surface area contributed by atoms with Crippen LogP contribution in [0.1, 0.15) is 33.3 Å². The Balaban J connectivity index is 2.06. The summed E-state index contributed by atoms with van der Waals surface area (Å²) < 4.78 is 0. The second-order valence-electron chi connectivity index (χ2n) is 7.97. The molecule has 0 saturated heterocycles. The van der Waals surface area contributed by atoms with Gasteiger partial charge >= 0.3 is 5.97 Å². The highest BCUT2D eigenvalue weighted by atomic mass is 16.4. The molecule has 2 rings (SSSR count). The van der Waals surface area contributed by atoms with E-state index in [0.717, 1.165) is 16.5 Å². The maximum Gasteiger partial charge on any atom is 0.326 e. The maximum absolute atomic E-state index is 12.6. The van der Waals surface area contributed by atoms with Crippen LogP contribution in [0.3, 0.4) is 0 Å². The molecule has 0 spiro atoms. The molecule has 2 amide bonds. The first-order chi connectivity index (χ1) is 13.6. The Labute approximate surface area is 170 Å². The van der Waals surface area contributed by atoms with Crippen LogP contribution in [0.25, 0.3) is 10.9 Å². The highest BCUT2D eigenvalue weighted by molar-refractivity contribution is 5.92. The molecular formula is C21H30N4O4. The van der Waals surface area contributed by atoms with Gasteiger partial charge < -0.3 is 26.5 Å². The Morgan fingerprint density at radius 1 is 1.00 bits per heavy atom. The standard InChI is InChI=1S/C21H30N4O4/c1-11(2)17(20(27)25-18(12(3)4)21(28)29)24-19(26)15(22)9-13-10-23-16-8-6-5-7-14(13)16/h5-8,10-12,15,17-18,23H,9,22H2,1-4H3,(H,24,26)(H,25,27)(H,28,29). The molecule has 3 unspecified atom stereocenters. The lowest BCUT2D eigenvalue weighted by molar-refractivity contribution is -0.143. The molecule has 0 aliphatic carbocycles. The van der Waals surface area contributed by atoms with E-state index >= 15 is 0 Å². The largest absolute Gasteiger partial charge is 0.480 e. The second-order valence-corrected chi connectivity index (χ2v) is 7.97. The Hall–Kier alpha value is -2.87. The van der Waals surface area contributed by atoms with Crippen molar-refractivity contribution in [2.75, 3.05) is 0 Å². The number of fused-ring (bicyclic) bond motifs is 1. The number of H-pyrrole nitrogens is 1. The summed E-state index contributed by atoms with van der Waals surface area (Å²) >= 11 is 0. The zero-order valence-corrected chi connectivity index (χ0v) is 17.2. The van der Waals surface area contributed by atoms with Crippen LogP contribution < -0.4 is 16.4 Å². The summed E-state index contributed by atoms with van der Waals surface area (Å²) in [6.45, 7) is 6.97. The third kappa shape index (κ3) is 5.57. The van der Waals surface area contributed by atoms with Crippen LogP contribution in [-0.4, -0.2) is 46.0 Å². The lowest BCUT2D eigenvalue weighted by atomic mass is 9.99. The van der Waals surface area contributed by atoms with Crippen molar-refractivity contribution in [1.82, 2.24) is 15.6 Å². The molecule has 0 fully saturated rings. The summed E-state index contributed by atoms with van der Waals surface area (Å²) in [5, 5.41) is 15.5. The normalized spacial score (nSPS) is 14.6. The van der Waals surface area contributed by atoms with E-state index < -0.39 is 35.9 Å². The van der Waals surface area contributed by atoms with Gasteiger partial charge in [-0.25, -0.2) is 4.79 Å². The molecule has 0 saturated carbocycles. The number of rotatable bonds is 9. The topological polar surface area (TPSA) is 137 Å². The molecule has 29 heavy (non-hydrogen) atoms. The fourth-order valence-corrected chi connectivity index (χ4v) is 3.18. The quantitative estimate of drug-likeness (QED) is 0.432. The summed E-state index contributed by atoms with van der Waals surface area (Å²) in [6.07, 6.45) is 2.14. The number of carbonyl (C=O) groups excluding carboxylic acids is 2. The van der Waals surface area contributed by atoms with Crippen molar-refractivity contribution in [2.24, 2.45) is 17.6 Å². The zero-order chi connectivity index (χ0) is 21.7. The van der Waals surface area contributed by atoms with Crippen LogP contribution >= 0.6 is 0 Å². The average Bonchev–Trinajstić information content (AvgIpc) is 3.05. The Morgan fingerprint density at radius 2 is 1.59 bits per heavy atom. The number of carboxylic acid groups (broad SMARTS) is 1. The number of aromatic amines is 1. The highest BCUT2D eigenvalue weighted by Gasteiger charge is 2.31. The van der Waals surface area contributed by atoms with E-state index in [1.54, 1.807) is 27.7 Å². The Kier molecular flexibility index (Phi) is 7.39. The van der Waals surface area contributed by atoms with Gasteiger partial charge in [-0.15, -0.1) is 0 Å². The number of aliphatic carboxylic acids is 1. The summed E-state index contributed by atoms with van der Waals surface area (Å²) in [6, 6.07) is 4.98. The average molecular weight is 402 g/mol. The monoisotopic (exact) mass is 402 g/mol. The van der Waals surface area contributed by atoms with Crippen LogP contribution in [0.15, 0.2) is 30.5 Å². The molecule has 3 atom stereocenters. The molecule has 6 N–H and O–H groups in total. The SMILES string of the molecule is CC(C)C(NC(=O)C(NC(=O)C(N)Cc1c[nH]c2ccccc12)C(C)C)C(=O)O. The minimum atomic E-state index is -1.11. The van der Waals surface area contributed by atoms with E-state index in [9.17, 15) is 19.5 Å². The predicted octanol–water partition coefficient (Wildman–Crippen LogP) is 1.40. The van der Waals surface area contributed by atoms with Crippen molar-refractivity contribution in [3.8, 4) is 0 Å². The van der Waals surface area contributed by atoms with Crippen LogP contribution in [0.4, 0.5) is 0 Å². The molecule has 0 bridgehead atoms. The number of para-hydroxylation sites is 1. The van der Waals surface area contributed by atoms with Gasteiger partial charge in [-0.1, -0.05) is 45.9 Å². The van der Waals surface area contributed by atoms with Crippen molar-refractivity contribution >= 4 is 28.7 Å². The van der Waals surface area contributed by atoms with Gasteiger partial charge in [0.05, 0.1) is 6.04 Å². The van der Waals surface area contributed by atoms with E-state index in [1.165, 1.54) is 0 Å². The van der Waals surface area contributed by atoms with Crippen molar-refractivity contribution in [3.63, 3.8) is 0 Å². The number of aromatic nitrogens is 1. The number of amides is 2. The van der Waals surface area contributed by atoms with E-state index in [2.05, 4.69) is 15.6 Å². The molecule has 0 aliphatic heterocycles. The molecule has 158 valence electrons. The molecule has 8 heteroatoms. The number of benzene rings is 1. The number of hydrogen-bond acceptors (Lipinski definition) is 4. The molecular weight excluding hydrogens is 372 g/mol. The van der Waals surface area contributed by atoms with Crippen molar-refractivity contribution < 1.29 is 19.5 Å². The first kappa shape index (κ1) is 22.4. The summed E-state index contributed by atoms with van der Waals surface area (Å²) in [7, 11) is 0. The van der Waals surface area contributed by atoms with Gasteiger partial charge in [-0.2, -0.15) is 0 Å². The summed E-state index contributed by atoms with van der Waals surface area (Å²) in [5.41, 5.74) is 7.97. The minimum absolute atomic E-state index is 0.235. The first-order valence-corrected chi connectivity index (χ1v) is 9.76. The van der Waals surface area contributed by atoms with Gasteiger partial charge in [-0.05, 0) is 29.9 Å². The fraction of sp³-hybridized carbons (Fsp3) is 0.476. The highest BCUT2D eigenvalue weighted by Crippen LogP contribution is 2.19. The lowest BCUT2D eigenvalue weighted by Crippen LogP contribution is -2.57. The molecule has 0 radical (unpaired) electrons. The molecule has 1 heterocycles. The molecule has 2 aromatic rings. The van der Waals surface area contributed by atoms with Gasteiger partial charge in [0.15, 0.2) is 0 Å². The van der Waals surface area contributed by atoms with Gasteiger partial charge in [0.25, 0.3) is 0 Å². The molecule has 1 aromatic heterocycles. The number of nitrogens with one attached hydrogen (secondary N) is 3. The fourth-order valence-electron chi connectivity index (χ4n) is 3.18. The van der Waals surface area contributed by atoms with Crippen LogP contribution in [0.5, 0.6) is 0 Å². The third-order valence-corrected chi connectivity index (χ3v) is 4.93. The van der Waals surface area contributed by atoms with Crippen molar-refractivity contribution in [1.29, 1.82) is 0 Å². The third-order valence-electron chi connectivity index (χ3n) is 4.93. The summed E-state index contributed by atoms with van der Waals surface area (Å²) in [5.74, 6) is -2.63. The number of carbonyl (C=O) groups is 3. The molecule has 1 aromatic carbocycles. The van der Waals surface area contributed by atoms with E-state index in [0.29, 0.717) is 6.42 Å². The minimum Gasteiger partial charge on any atom is -0.480 e. The van der Waals surface area contributed by atoms with E-state index in [1.807, 2.05) is 30.5 Å². The maximum atomic E-state index is 12.6. The number of nitrogens with two attached hydrogens (primary N) is 1. The van der Waals surface area contributed by atoms with Gasteiger partial charge in [0.2, 0.25) is 11.8 Å². The van der Waals surface area contributed by atoms with Crippen molar-refractivity contribution in [2.45, 2.75) is 52.2 Å². The lowest BCUT2D eigenvalue weighted by Gasteiger charge is -2.26. The van der Waals surface area contributed by atoms with E-state index in [-0.39, 0.29) is 11.8 Å². The number of hydrogen-bond donors (Lipinski definition) is 5. The molecule has 0 aliphatic rings. The zero-order valence-electron chi connectivity index (χ0n) is 17.2. The second kappa shape index (κ2) is 9.56. The van der Waals surface area contributed by atoms with Gasteiger partial charge in [0, 0.05) is 17.1 Å². The van der Waals surface area contributed by atoms with Crippen molar-refractivity contribution in [3.05, 3.63) is 36.0 Å². The van der Waals surface area contributed by atoms with Gasteiger partial charge in [0.1, 0.15) is 12.1 Å². The predicted molar refractivity (Wildman–Crippen MR) is 111 cm³/mol. The summed E-state index contributed by atoms with van der Waals surface area (Å²) in [4.78, 5) is 39.8. The van der Waals surface area contributed by atoms with Crippen LogP contribution in [-0.2, 0) is 20.8 Å². The first-order valence-electron chi connectivity index (χ1n) is 9.76. The van der Waals surface area contributed by atoms with Crippen LogP contribution in [0, 0.1) is 11.8 Å². The Morgan fingerprint density at radius 3 is 2.17 bits per heavy atom.